The zero-order valence-corrected chi connectivity index (χ0v) is 19.6. The molecular weight excluding hydrogens is 460 g/mol. The number of aliphatic hydroxyl groups is 4. The molecule has 2 unspecified atom stereocenters. The molecule has 35 heavy (non-hydrogen) atoms. The van der Waals surface area contributed by atoms with Gasteiger partial charge < -0.3 is 49.6 Å². The van der Waals surface area contributed by atoms with Crippen molar-refractivity contribution in [2.75, 3.05) is 20.3 Å². The fraction of sp³-hybridized carbons (Fsp3) is 0.520. The van der Waals surface area contributed by atoms with Crippen LogP contribution in [-0.4, -0.2) is 81.7 Å². The second kappa shape index (κ2) is 10.6. The number of hydrogen-bond acceptors (Lipinski definition) is 10. The lowest BCUT2D eigenvalue weighted by molar-refractivity contribution is -0.294. The highest BCUT2D eigenvalue weighted by molar-refractivity contribution is 5.55. The maximum Gasteiger partial charge on any atom is 0.186 e. The Morgan fingerprint density at radius 2 is 1.74 bits per heavy atom. The number of methoxy groups -OCH3 is 1. The number of ether oxygens (including phenoxy) is 4. The van der Waals surface area contributed by atoms with E-state index in [1.165, 1.54) is 13.2 Å². The second-order valence-electron chi connectivity index (χ2n) is 8.95. The molecule has 0 spiro atoms. The van der Waals surface area contributed by atoms with Crippen LogP contribution in [0.5, 0.6) is 23.0 Å². The molecule has 2 aromatic rings. The number of aliphatic hydroxyl groups excluding tert-OH is 4. The molecule has 0 amide bonds. The summed E-state index contributed by atoms with van der Waals surface area (Å²) in [5.74, 6) is 0.00182. The van der Waals surface area contributed by atoms with Crippen molar-refractivity contribution in [2.45, 2.75) is 62.5 Å². The molecule has 6 N–H and O–H groups in total. The van der Waals surface area contributed by atoms with Gasteiger partial charge in [0.2, 0.25) is 0 Å². The Labute approximate surface area is 202 Å². The average Bonchev–Trinajstić information content (AvgIpc) is 3.22. The van der Waals surface area contributed by atoms with E-state index in [4.69, 9.17) is 18.9 Å². The molecule has 0 aliphatic carbocycles. The van der Waals surface area contributed by atoms with E-state index in [2.05, 4.69) is 0 Å². The summed E-state index contributed by atoms with van der Waals surface area (Å²) in [4.78, 5) is 0. The molecule has 0 radical (unpaired) electrons. The third kappa shape index (κ3) is 5.04. The van der Waals surface area contributed by atoms with Crippen LogP contribution >= 0.6 is 0 Å². The van der Waals surface area contributed by atoms with Gasteiger partial charge in [-0.3, -0.25) is 0 Å². The maximum absolute atomic E-state index is 10.7. The van der Waals surface area contributed by atoms with Gasteiger partial charge in [-0.15, -0.1) is 0 Å². The monoisotopic (exact) mass is 492 g/mol. The number of aryl methyl sites for hydroxylation is 1. The lowest BCUT2D eigenvalue weighted by atomic mass is 9.90. The minimum atomic E-state index is -1.46. The largest absolute Gasteiger partial charge is 0.504 e. The summed E-state index contributed by atoms with van der Waals surface area (Å²) in [5, 5.41) is 60.3. The van der Waals surface area contributed by atoms with Crippen LogP contribution in [0.25, 0.3) is 0 Å². The van der Waals surface area contributed by atoms with E-state index in [1.807, 2.05) is 6.07 Å². The summed E-state index contributed by atoms with van der Waals surface area (Å²) in [6, 6.07) is 8.28. The number of aromatic hydroxyl groups is 2. The summed E-state index contributed by atoms with van der Waals surface area (Å²) in [6.45, 7) is 1.57. The van der Waals surface area contributed by atoms with Crippen LogP contribution in [0, 0.1) is 0 Å². The highest BCUT2D eigenvalue weighted by Crippen LogP contribution is 2.51. The molecule has 1 saturated heterocycles. The third-order valence-corrected chi connectivity index (χ3v) is 6.57. The number of rotatable bonds is 8. The van der Waals surface area contributed by atoms with Crippen molar-refractivity contribution in [1.29, 1.82) is 0 Å². The highest BCUT2D eigenvalue weighted by atomic mass is 16.7. The number of fused-ring (bicyclic) bond motifs is 1. The van der Waals surface area contributed by atoms with Gasteiger partial charge in [-0.2, -0.15) is 0 Å². The SMILES string of the molecule is COc1cc(C2Oc3c(O)cc(CCCO)cc3C2CO[C@H]2O[C@H](C)[C@@H](O)[C@H](O)[C@H]2O)ccc1O. The molecule has 0 saturated carbocycles. The lowest BCUT2D eigenvalue weighted by Crippen LogP contribution is -2.57. The van der Waals surface area contributed by atoms with Crippen molar-refractivity contribution >= 4 is 0 Å². The summed E-state index contributed by atoms with van der Waals surface area (Å²) in [5.41, 5.74) is 2.15. The minimum absolute atomic E-state index is 0.0129. The van der Waals surface area contributed by atoms with Crippen LogP contribution in [0.1, 0.15) is 42.1 Å². The lowest BCUT2D eigenvalue weighted by Gasteiger charge is -2.39. The van der Waals surface area contributed by atoms with E-state index >= 15 is 0 Å². The van der Waals surface area contributed by atoms with Gasteiger partial charge in [0, 0.05) is 12.2 Å². The Morgan fingerprint density at radius 1 is 0.971 bits per heavy atom. The van der Waals surface area contributed by atoms with Gasteiger partial charge in [0.1, 0.15) is 24.4 Å². The van der Waals surface area contributed by atoms with E-state index < -0.39 is 42.7 Å². The van der Waals surface area contributed by atoms with Gasteiger partial charge in [0.25, 0.3) is 0 Å². The molecule has 0 aromatic heterocycles. The van der Waals surface area contributed by atoms with Gasteiger partial charge in [0.15, 0.2) is 29.3 Å². The topological polar surface area (TPSA) is 158 Å². The molecule has 10 nitrogen and oxygen atoms in total. The summed E-state index contributed by atoms with van der Waals surface area (Å²) >= 11 is 0. The predicted octanol–water partition coefficient (Wildman–Crippen LogP) is 1.09. The van der Waals surface area contributed by atoms with Crippen LogP contribution in [0.3, 0.4) is 0 Å². The summed E-state index contributed by atoms with van der Waals surface area (Å²) in [6.07, 6.45) is -5.63. The van der Waals surface area contributed by atoms with Crippen LogP contribution in [-0.2, 0) is 15.9 Å². The number of phenols is 2. The van der Waals surface area contributed by atoms with Crippen LogP contribution in [0.4, 0.5) is 0 Å². The predicted molar refractivity (Wildman–Crippen MR) is 123 cm³/mol. The zero-order chi connectivity index (χ0) is 25.3. The van der Waals surface area contributed by atoms with Crippen molar-refractivity contribution in [3.05, 3.63) is 47.0 Å². The van der Waals surface area contributed by atoms with E-state index in [1.54, 1.807) is 25.1 Å². The van der Waals surface area contributed by atoms with Crippen LogP contribution < -0.4 is 9.47 Å². The first-order valence-corrected chi connectivity index (χ1v) is 11.6. The van der Waals surface area contributed by atoms with E-state index in [0.29, 0.717) is 24.0 Å². The zero-order valence-electron chi connectivity index (χ0n) is 19.6. The molecule has 7 atom stereocenters. The molecule has 1 fully saturated rings. The van der Waals surface area contributed by atoms with Crippen LogP contribution in [0.2, 0.25) is 0 Å². The Kier molecular flexibility index (Phi) is 7.70. The minimum Gasteiger partial charge on any atom is -0.504 e. The Morgan fingerprint density at radius 3 is 2.46 bits per heavy atom. The fourth-order valence-electron chi connectivity index (χ4n) is 4.60. The molecule has 2 aromatic carbocycles. The molecule has 192 valence electrons. The summed E-state index contributed by atoms with van der Waals surface area (Å²) < 4.78 is 22.8. The number of benzene rings is 2. The average molecular weight is 493 g/mol. The molecule has 2 heterocycles. The molecule has 10 heteroatoms. The highest BCUT2D eigenvalue weighted by Gasteiger charge is 2.44. The normalized spacial score (nSPS) is 30.1. The second-order valence-corrected chi connectivity index (χ2v) is 8.95. The molecule has 2 aliphatic rings. The van der Waals surface area contributed by atoms with E-state index in [9.17, 15) is 30.6 Å². The first-order chi connectivity index (χ1) is 16.7. The number of hydrogen-bond donors (Lipinski definition) is 6. The van der Waals surface area contributed by atoms with Gasteiger partial charge >= 0.3 is 0 Å². The van der Waals surface area contributed by atoms with Gasteiger partial charge in [-0.1, -0.05) is 12.1 Å². The first-order valence-electron chi connectivity index (χ1n) is 11.6. The van der Waals surface area contributed by atoms with Gasteiger partial charge in [0.05, 0.1) is 25.7 Å². The standard InChI is InChI=1S/C25H32O10/c1-12-20(29)21(30)22(31)25(34-12)33-11-16-15-8-13(4-3-7-26)9-18(28)24(15)35-23(16)14-5-6-17(27)19(10-14)32-2/h5-6,8-10,12,16,20-23,25-31H,3-4,7,11H2,1-2H3/t12-,16?,20-,21+,22-,23?,25+/m1/s1. The van der Waals surface area contributed by atoms with Crippen molar-refractivity contribution in [3.63, 3.8) is 0 Å². The fourth-order valence-corrected chi connectivity index (χ4v) is 4.60. The molecular formula is C25H32O10. The Balaban J connectivity index is 1.65. The molecule has 0 bridgehead atoms. The number of phenolic OH excluding ortho intramolecular Hbond substituents is 2. The van der Waals surface area contributed by atoms with E-state index in [-0.39, 0.29) is 36.2 Å². The van der Waals surface area contributed by atoms with Crippen molar-refractivity contribution in [2.24, 2.45) is 0 Å². The summed E-state index contributed by atoms with van der Waals surface area (Å²) in [7, 11) is 1.44. The van der Waals surface area contributed by atoms with Crippen molar-refractivity contribution in [1.82, 2.24) is 0 Å². The Hall–Kier alpha value is -2.60. The van der Waals surface area contributed by atoms with Crippen LogP contribution in [0.15, 0.2) is 30.3 Å². The van der Waals surface area contributed by atoms with Crippen molar-refractivity contribution in [3.8, 4) is 23.0 Å². The van der Waals surface area contributed by atoms with Gasteiger partial charge in [-0.05, 0) is 49.1 Å². The molecule has 2 aliphatic heterocycles. The quantitative estimate of drug-likeness (QED) is 0.315. The molecule has 4 rings (SSSR count). The van der Waals surface area contributed by atoms with Gasteiger partial charge in [-0.25, -0.2) is 0 Å². The van der Waals surface area contributed by atoms with E-state index in [0.717, 1.165) is 5.56 Å². The third-order valence-electron chi connectivity index (χ3n) is 6.57. The van der Waals surface area contributed by atoms with Crippen molar-refractivity contribution < 1.29 is 49.6 Å². The maximum atomic E-state index is 10.7. The first kappa shape index (κ1) is 25.5. The Bertz CT molecular complexity index is 1030. The smallest absolute Gasteiger partial charge is 0.186 e.